The minimum Gasteiger partial charge on any atom is -0.494 e. The number of furan rings is 1. The number of aromatic nitrogens is 1. The maximum Gasteiger partial charge on any atom is 0.253 e. The van der Waals surface area contributed by atoms with Gasteiger partial charge < -0.3 is 19.4 Å². The maximum absolute atomic E-state index is 13.2. The molecule has 0 bridgehead atoms. The SMILES string of the molecule is CCOc1ccccc1CNC(=O)c1ccc(C)nc1C1CCN(C(=O)C=Cc2cc(C)c(C)o2)CC1. The van der Waals surface area contributed by atoms with E-state index in [0.717, 1.165) is 46.9 Å². The summed E-state index contributed by atoms with van der Waals surface area (Å²) in [7, 11) is 0. The molecule has 3 heterocycles. The quantitative estimate of drug-likeness (QED) is 0.421. The first kappa shape index (κ1) is 26.2. The number of nitrogens with one attached hydrogen (secondary N) is 1. The lowest BCUT2D eigenvalue weighted by atomic mass is 9.89. The first-order valence-corrected chi connectivity index (χ1v) is 12.9. The van der Waals surface area contributed by atoms with Crippen LogP contribution in [0.4, 0.5) is 0 Å². The highest BCUT2D eigenvalue weighted by atomic mass is 16.5. The molecule has 2 aromatic heterocycles. The Kier molecular flexibility index (Phi) is 8.43. The van der Waals surface area contributed by atoms with Crippen molar-refractivity contribution in [1.29, 1.82) is 0 Å². The summed E-state index contributed by atoms with van der Waals surface area (Å²) in [6, 6.07) is 13.4. The molecule has 1 aromatic carbocycles. The van der Waals surface area contributed by atoms with E-state index >= 15 is 0 Å². The highest BCUT2D eigenvalue weighted by molar-refractivity contribution is 5.95. The molecule has 7 nitrogen and oxygen atoms in total. The van der Waals surface area contributed by atoms with Crippen LogP contribution in [0.1, 0.15) is 70.1 Å². The predicted octanol–water partition coefficient (Wildman–Crippen LogP) is 5.35. The molecular formula is C30H35N3O4. The number of piperidine rings is 1. The molecule has 7 heteroatoms. The summed E-state index contributed by atoms with van der Waals surface area (Å²) in [5.74, 6) is 2.24. The Bertz CT molecular complexity index is 1270. The summed E-state index contributed by atoms with van der Waals surface area (Å²) >= 11 is 0. The van der Waals surface area contributed by atoms with Crippen LogP contribution in [0.25, 0.3) is 6.08 Å². The fraction of sp³-hybridized carbons (Fsp3) is 0.367. The van der Waals surface area contributed by atoms with E-state index in [9.17, 15) is 9.59 Å². The maximum atomic E-state index is 13.2. The zero-order valence-electron chi connectivity index (χ0n) is 22.0. The fourth-order valence-corrected chi connectivity index (χ4v) is 4.61. The van der Waals surface area contributed by atoms with Gasteiger partial charge in [0.15, 0.2) is 0 Å². The van der Waals surface area contributed by atoms with Crippen LogP contribution < -0.4 is 10.1 Å². The number of hydrogen-bond donors (Lipinski definition) is 1. The molecule has 37 heavy (non-hydrogen) atoms. The molecular weight excluding hydrogens is 466 g/mol. The number of pyridine rings is 1. The predicted molar refractivity (Wildman–Crippen MR) is 144 cm³/mol. The Balaban J connectivity index is 1.40. The number of likely N-dealkylation sites (tertiary alicyclic amines) is 1. The number of ether oxygens (including phenoxy) is 1. The average molecular weight is 502 g/mol. The van der Waals surface area contributed by atoms with Gasteiger partial charge in [-0.1, -0.05) is 18.2 Å². The molecule has 0 atom stereocenters. The van der Waals surface area contributed by atoms with E-state index in [1.165, 1.54) is 0 Å². The van der Waals surface area contributed by atoms with Gasteiger partial charge in [-0.15, -0.1) is 0 Å². The minimum absolute atomic E-state index is 0.0340. The van der Waals surface area contributed by atoms with Gasteiger partial charge in [-0.2, -0.15) is 0 Å². The number of aryl methyl sites for hydroxylation is 3. The lowest BCUT2D eigenvalue weighted by Crippen LogP contribution is -2.37. The van der Waals surface area contributed by atoms with Crippen molar-refractivity contribution >= 4 is 17.9 Å². The molecule has 194 valence electrons. The van der Waals surface area contributed by atoms with Crippen LogP contribution in [-0.2, 0) is 11.3 Å². The van der Waals surface area contributed by atoms with Crippen molar-refractivity contribution in [3.8, 4) is 5.75 Å². The molecule has 3 aromatic rings. The van der Waals surface area contributed by atoms with Crippen LogP contribution in [0.3, 0.4) is 0 Å². The molecule has 0 unspecified atom stereocenters. The summed E-state index contributed by atoms with van der Waals surface area (Å²) in [5.41, 5.74) is 4.27. The second-order valence-corrected chi connectivity index (χ2v) is 9.43. The fourth-order valence-electron chi connectivity index (χ4n) is 4.61. The van der Waals surface area contributed by atoms with Gasteiger partial charge in [0.1, 0.15) is 17.3 Å². The average Bonchev–Trinajstić information content (AvgIpc) is 3.23. The van der Waals surface area contributed by atoms with Gasteiger partial charge in [0, 0.05) is 42.9 Å². The summed E-state index contributed by atoms with van der Waals surface area (Å²) in [5, 5.41) is 3.04. The third-order valence-corrected chi connectivity index (χ3v) is 6.79. The van der Waals surface area contributed by atoms with Gasteiger partial charge in [0.05, 0.1) is 17.9 Å². The Labute approximate surface area is 218 Å². The van der Waals surface area contributed by atoms with Crippen molar-refractivity contribution in [3.05, 3.63) is 88.1 Å². The van der Waals surface area contributed by atoms with E-state index in [1.54, 1.807) is 12.2 Å². The molecule has 0 spiro atoms. The first-order chi connectivity index (χ1) is 17.9. The summed E-state index contributed by atoms with van der Waals surface area (Å²) in [6.07, 6.45) is 4.80. The Morgan fingerprint density at radius 1 is 1.14 bits per heavy atom. The van der Waals surface area contributed by atoms with Crippen LogP contribution >= 0.6 is 0 Å². The number of carbonyl (C=O) groups is 2. The van der Waals surface area contributed by atoms with Crippen molar-refractivity contribution in [3.63, 3.8) is 0 Å². The van der Waals surface area contributed by atoms with Crippen molar-refractivity contribution < 1.29 is 18.7 Å². The van der Waals surface area contributed by atoms with Gasteiger partial charge >= 0.3 is 0 Å². The Hall–Kier alpha value is -3.87. The standard InChI is InChI=1S/C30H35N3O4/c1-5-36-27-9-7-6-8-24(27)19-31-30(35)26-12-10-21(3)32-29(26)23-14-16-33(17-15-23)28(34)13-11-25-18-20(2)22(4)37-25/h6-13,18,23H,5,14-17,19H2,1-4H3,(H,31,35). The van der Waals surface area contributed by atoms with Gasteiger partial charge in [0.2, 0.25) is 5.91 Å². The van der Waals surface area contributed by atoms with E-state index in [2.05, 4.69) is 5.32 Å². The smallest absolute Gasteiger partial charge is 0.253 e. The Morgan fingerprint density at radius 3 is 2.59 bits per heavy atom. The number of para-hydroxylation sites is 1. The zero-order valence-corrected chi connectivity index (χ0v) is 22.0. The van der Waals surface area contributed by atoms with Gasteiger partial charge in [-0.05, 0) is 76.4 Å². The number of hydrogen-bond acceptors (Lipinski definition) is 5. The molecule has 2 amide bonds. The molecule has 1 saturated heterocycles. The van der Waals surface area contributed by atoms with E-state index in [-0.39, 0.29) is 17.7 Å². The highest BCUT2D eigenvalue weighted by Gasteiger charge is 2.27. The van der Waals surface area contributed by atoms with Crippen LogP contribution in [0.2, 0.25) is 0 Å². The monoisotopic (exact) mass is 501 g/mol. The van der Waals surface area contributed by atoms with Crippen LogP contribution in [0.5, 0.6) is 5.75 Å². The molecule has 1 aliphatic heterocycles. The zero-order chi connectivity index (χ0) is 26.4. The first-order valence-electron chi connectivity index (χ1n) is 12.9. The molecule has 0 aliphatic carbocycles. The van der Waals surface area contributed by atoms with Crippen LogP contribution in [0.15, 0.2) is 53.0 Å². The van der Waals surface area contributed by atoms with Crippen LogP contribution in [-0.4, -0.2) is 41.4 Å². The van der Waals surface area contributed by atoms with Crippen molar-refractivity contribution in [2.24, 2.45) is 0 Å². The summed E-state index contributed by atoms with van der Waals surface area (Å²) in [6.45, 7) is 9.93. The van der Waals surface area contributed by atoms with Crippen molar-refractivity contribution in [1.82, 2.24) is 15.2 Å². The van der Waals surface area contributed by atoms with Crippen molar-refractivity contribution in [2.45, 2.75) is 53.0 Å². The second-order valence-electron chi connectivity index (χ2n) is 9.43. The largest absolute Gasteiger partial charge is 0.494 e. The normalized spacial score (nSPS) is 14.2. The Morgan fingerprint density at radius 2 is 1.89 bits per heavy atom. The molecule has 4 rings (SSSR count). The highest BCUT2D eigenvalue weighted by Crippen LogP contribution is 2.30. The van der Waals surface area contributed by atoms with E-state index < -0.39 is 0 Å². The number of rotatable bonds is 8. The second kappa shape index (κ2) is 11.9. The lowest BCUT2D eigenvalue weighted by Gasteiger charge is -2.32. The summed E-state index contributed by atoms with van der Waals surface area (Å²) in [4.78, 5) is 32.5. The van der Waals surface area contributed by atoms with E-state index in [0.29, 0.717) is 37.6 Å². The lowest BCUT2D eigenvalue weighted by molar-refractivity contribution is -0.127. The van der Waals surface area contributed by atoms with Crippen molar-refractivity contribution in [2.75, 3.05) is 19.7 Å². The molecule has 0 saturated carbocycles. The molecule has 1 fully saturated rings. The number of amides is 2. The molecule has 1 aliphatic rings. The minimum atomic E-state index is -0.153. The van der Waals surface area contributed by atoms with Gasteiger partial charge in [-0.3, -0.25) is 14.6 Å². The summed E-state index contributed by atoms with van der Waals surface area (Å²) < 4.78 is 11.3. The van der Waals surface area contributed by atoms with Gasteiger partial charge in [-0.25, -0.2) is 0 Å². The molecule has 1 N–H and O–H groups in total. The third kappa shape index (κ3) is 6.47. The number of carbonyl (C=O) groups excluding carboxylic acids is 2. The number of nitrogens with zero attached hydrogens (tertiary/aromatic N) is 2. The third-order valence-electron chi connectivity index (χ3n) is 6.79. The van der Waals surface area contributed by atoms with Gasteiger partial charge in [0.25, 0.3) is 5.91 Å². The van der Waals surface area contributed by atoms with E-state index in [1.807, 2.05) is 75.1 Å². The molecule has 0 radical (unpaired) electrons. The van der Waals surface area contributed by atoms with Crippen LogP contribution in [0, 0.1) is 20.8 Å². The topological polar surface area (TPSA) is 84.7 Å². The van der Waals surface area contributed by atoms with E-state index in [4.69, 9.17) is 14.1 Å². The number of benzene rings is 1.